The molecule has 3 rings (SSSR count). The number of likely N-dealkylation sites (tertiary alicyclic amines) is 1. The molecule has 2 heterocycles. The van der Waals surface area contributed by atoms with E-state index in [2.05, 4.69) is 27.8 Å². The fourth-order valence-corrected chi connectivity index (χ4v) is 3.91. The molecule has 2 unspecified atom stereocenters. The molecule has 1 saturated heterocycles. The normalized spacial score (nSPS) is 21.6. The number of carbonyl (C=O) groups is 1. The topological polar surface area (TPSA) is 67.3 Å². The molecule has 1 aliphatic heterocycles. The minimum atomic E-state index is -0.503. The third-order valence-corrected chi connectivity index (χ3v) is 5.21. The molecular weight excluding hydrogens is 386 g/mol. The van der Waals surface area contributed by atoms with Crippen LogP contribution >= 0.6 is 15.9 Å². The summed E-state index contributed by atoms with van der Waals surface area (Å²) in [7, 11) is 0. The number of aromatic nitrogens is 2. The van der Waals surface area contributed by atoms with Crippen molar-refractivity contribution in [2.45, 2.75) is 45.8 Å². The molecule has 0 aliphatic carbocycles. The summed E-state index contributed by atoms with van der Waals surface area (Å²) in [5.74, 6) is 0.150. The highest BCUT2D eigenvalue weighted by Gasteiger charge is 2.33. The zero-order chi connectivity index (χ0) is 18.4. The summed E-state index contributed by atoms with van der Waals surface area (Å²) in [5, 5.41) is 0. The Kier molecular flexibility index (Phi) is 4.70. The average molecular weight is 410 g/mol. The lowest BCUT2D eigenvalue weighted by Gasteiger charge is -2.38. The van der Waals surface area contributed by atoms with Gasteiger partial charge in [0.15, 0.2) is 0 Å². The molecule has 0 saturated carbocycles. The first-order chi connectivity index (χ1) is 11.7. The molecule has 1 aliphatic rings. The Balaban J connectivity index is 1.83. The molecule has 0 bridgehead atoms. The van der Waals surface area contributed by atoms with Crippen molar-refractivity contribution in [3.63, 3.8) is 0 Å². The number of H-pyrrole nitrogens is 1. The second kappa shape index (κ2) is 6.52. The van der Waals surface area contributed by atoms with Gasteiger partial charge in [-0.15, -0.1) is 0 Å². The highest BCUT2D eigenvalue weighted by atomic mass is 79.9. The van der Waals surface area contributed by atoms with E-state index in [1.165, 1.54) is 0 Å². The van der Waals surface area contributed by atoms with Gasteiger partial charge in [0.2, 0.25) is 0 Å². The minimum Gasteiger partial charge on any atom is -0.444 e. The number of rotatable bonds is 1. The number of nitrogens with one attached hydrogen (secondary N) is 1. The van der Waals surface area contributed by atoms with E-state index in [9.17, 15) is 9.59 Å². The Morgan fingerprint density at radius 2 is 2.08 bits per heavy atom. The molecule has 1 aromatic carbocycles. The minimum absolute atomic E-state index is 0.0502. The predicted molar refractivity (Wildman–Crippen MR) is 101 cm³/mol. The Morgan fingerprint density at radius 3 is 2.72 bits per heavy atom. The lowest BCUT2D eigenvalue weighted by atomic mass is 9.93. The number of fused-ring (bicyclic) bond motifs is 1. The van der Waals surface area contributed by atoms with Crippen LogP contribution in [0.15, 0.2) is 27.5 Å². The van der Waals surface area contributed by atoms with Gasteiger partial charge in [-0.3, -0.25) is 4.57 Å². The standard InChI is InChI=1S/C18H24BrN3O3/c1-11-10-21(17(24)25-18(2,3)4)9-8-13(11)22-14-7-5-6-12(19)15(14)20-16(22)23/h5-7,11,13H,8-10H2,1-4H3,(H,20,23). The van der Waals surface area contributed by atoms with Gasteiger partial charge in [0.1, 0.15) is 5.60 Å². The number of aromatic amines is 1. The summed E-state index contributed by atoms with van der Waals surface area (Å²) in [6.45, 7) is 8.83. The van der Waals surface area contributed by atoms with Crippen molar-refractivity contribution >= 4 is 33.1 Å². The molecule has 1 N–H and O–H groups in total. The molecule has 25 heavy (non-hydrogen) atoms. The molecule has 7 heteroatoms. The van der Waals surface area contributed by atoms with Crippen molar-refractivity contribution in [1.82, 2.24) is 14.5 Å². The fraction of sp³-hybridized carbons (Fsp3) is 0.556. The van der Waals surface area contributed by atoms with E-state index in [1.54, 1.807) is 4.90 Å². The summed E-state index contributed by atoms with van der Waals surface area (Å²) in [4.78, 5) is 29.5. The number of benzene rings is 1. The summed E-state index contributed by atoms with van der Waals surface area (Å²) in [6.07, 6.45) is 0.437. The highest BCUT2D eigenvalue weighted by molar-refractivity contribution is 9.10. The van der Waals surface area contributed by atoms with Gasteiger partial charge in [-0.2, -0.15) is 0 Å². The lowest BCUT2D eigenvalue weighted by molar-refractivity contribution is 0.0126. The molecule has 6 nitrogen and oxygen atoms in total. The smallest absolute Gasteiger partial charge is 0.410 e. The van der Waals surface area contributed by atoms with Gasteiger partial charge < -0.3 is 14.6 Å². The Hall–Kier alpha value is -1.76. The summed E-state index contributed by atoms with van der Waals surface area (Å²) >= 11 is 3.49. The first-order valence-corrected chi connectivity index (χ1v) is 9.33. The number of imidazole rings is 1. The second-order valence-electron chi connectivity index (χ2n) is 7.69. The Morgan fingerprint density at radius 1 is 1.36 bits per heavy atom. The van der Waals surface area contributed by atoms with E-state index >= 15 is 0 Å². The van der Waals surface area contributed by atoms with Crippen molar-refractivity contribution in [2.75, 3.05) is 13.1 Å². The van der Waals surface area contributed by atoms with Crippen molar-refractivity contribution in [1.29, 1.82) is 0 Å². The van der Waals surface area contributed by atoms with Crippen LogP contribution in [0.25, 0.3) is 11.0 Å². The number of nitrogens with zero attached hydrogens (tertiary/aromatic N) is 2. The number of piperidine rings is 1. The second-order valence-corrected chi connectivity index (χ2v) is 8.55. The van der Waals surface area contributed by atoms with Gasteiger partial charge in [0.05, 0.1) is 11.0 Å². The number of hydrogen-bond donors (Lipinski definition) is 1. The molecule has 1 amide bonds. The van der Waals surface area contributed by atoms with Gasteiger partial charge in [-0.25, -0.2) is 9.59 Å². The number of hydrogen-bond acceptors (Lipinski definition) is 3. The van der Waals surface area contributed by atoms with E-state index in [0.717, 1.165) is 21.9 Å². The number of halogens is 1. The van der Waals surface area contributed by atoms with Crippen LogP contribution in [-0.4, -0.2) is 39.2 Å². The molecular formula is C18H24BrN3O3. The van der Waals surface area contributed by atoms with Crippen LogP contribution in [0.1, 0.15) is 40.2 Å². The fourth-order valence-electron chi connectivity index (χ4n) is 3.45. The van der Waals surface area contributed by atoms with E-state index in [4.69, 9.17) is 4.74 Å². The molecule has 0 radical (unpaired) electrons. The van der Waals surface area contributed by atoms with Gasteiger partial charge in [-0.1, -0.05) is 13.0 Å². The van der Waals surface area contributed by atoms with Crippen LogP contribution < -0.4 is 5.69 Å². The molecule has 1 fully saturated rings. The Bertz CT molecular complexity index is 849. The monoisotopic (exact) mass is 409 g/mol. The van der Waals surface area contributed by atoms with Crippen LogP contribution in [0, 0.1) is 5.92 Å². The van der Waals surface area contributed by atoms with Crippen molar-refractivity contribution in [2.24, 2.45) is 5.92 Å². The number of carbonyl (C=O) groups excluding carboxylic acids is 1. The summed E-state index contributed by atoms with van der Waals surface area (Å²) in [5.41, 5.74) is 1.10. The van der Waals surface area contributed by atoms with Crippen LogP contribution in [0.4, 0.5) is 4.79 Å². The number of para-hydroxylation sites is 1. The van der Waals surface area contributed by atoms with Crippen molar-refractivity contribution < 1.29 is 9.53 Å². The maximum Gasteiger partial charge on any atom is 0.410 e. The first kappa shape index (κ1) is 18.0. The molecule has 1 aromatic heterocycles. The van der Waals surface area contributed by atoms with Crippen molar-refractivity contribution in [3.8, 4) is 0 Å². The van der Waals surface area contributed by atoms with E-state index in [0.29, 0.717) is 13.1 Å². The van der Waals surface area contributed by atoms with Crippen LogP contribution in [0.5, 0.6) is 0 Å². The zero-order valence-electron chi connectivity index (χ0n) is 15.0. The molecule has 2 atom stereocenters. The quantitative estimate of drug-likeness (QED) is 0.775. The third kappa shape index (κ3) is 3.61. The zero-order valence-corrected chi connectivity index (χ0v) is 16.6. The SMILES string of the molecule is CC1CN(C(=O)OC(C)(C)C)CCC1n1c(=O)[nH]c2c(Br)cccc21. The van der Waals surface area contributed by atoms with Crippen LogP contribution in [-0.2, 0) is 4.74 Å². The highest BCUT2D eigenvalue weighted by Crippen LogP contribution is 2.31. The van der Waals surface area contributed by atoms with Gasteiger partial charge in [0, 0.05) is 23.6 Å². The molecule has 2 aromatic rings. The van der Waals surface area contributed by atoms with Gasteiger partial charge in [0.25, 0.3) is 0 Å². The van der Waals surface area contributed by atoms with E-state index in [1.807, 2.05) is 43.5 Å². The Labute approximate surface area is 155 Å². The summed E-state index contributed by atoms with van der Waals surface area (Å²) < 4.78 is 8.17. The van der Waals surface area contributed by atoms with Crippen molar-refractivity contribution in [3.05, 3.63) is 33.2 Å². The molecule has 0 spiro atoms. The third-order valence-electron chi connectivity index (χ3n) is 4.55. The molecule has 136 valence electrons. The lowest BCUT2D eigenvalue weighted by Crippen LogP contribution is -2.46. The van der Waals surface area contributed by atoms with Gasteiger partial charge >= 0.3 is 11.8 Å². The van der Waals surface area contributed by atoms with Gasteiger partial charge in [-0.05, 0) is 61.2 Å². The number of amides is 1. The van der Waals surface area contributed by atoms with Crippen LogP contribution in [0.2, 0.25) is 0 Å². The average Bonchev–Trinajstić information content (AvgIpc) is 2.83. The maximum absolute atomic E-state index is 12.5. The van der Waals surface area contributed by atoms with E-state index < -0.39 is 5.60 Å². The largest absolute Gasteiger partial charge is 0.444 e. The maximum atomic E-state index is 12.5. The van der Waals surface area contributed by atoms with E-state index in [-0.39, 0.29) is 23.7 Å². The first-order valence-electron chi connectivity index (χ1n) is 8.54. The number of ether oxygens (including phenoxy) is 1. The summed E-state index contributed by atoms with van der Waals surface area (Å²) in [6, 6.07) is 5.84. The van der Waals surface area contributed by atoms with Crippen LogP contribution in [0.3, 0.4) is 0 Å². The predicted octanol–water partition coefficient (Wildman–Crippen LogP) is 3.91.